The van der Waals surface area contributed by atoms with Crippen molar-refractivity contribution in [2.75, 3.05) is 13.1 Å². The molecule has 0 amide bonds. The number of nitrogens with two attached hydrogens (primary N) is 1. The molecule has 2 atom stereocenters. The lowest BCUT2D eigenvalue weighted by molar-refractivity contribution is 0.198. The number of rotatable bonds is 3. The van der Waals surface area contributed by atoms with E-state index in [-0.39, 0.29) is 0 Å². The van der Waals surface area contributed by atoms with Gasteiger partial charge in [-0.2, -0.15) is 0 Å². The van der Waals surface area contributed by atoms with Gasteiger partial charge in [0, 0.05) is 21.9 Å². The lowest BCUT2D eigenvalue weighted by Crippen LogP contribution is -2.35. The maximum Gasteiger partial charge on any atom is 0.0578 e. The molecule has 1 aliphatic rings. The molecule has 1 aromatic rings. The lowest BCUT2D eigenvalue weighted by atomic mass is 10.2. The molecule has 2 nitrogen and oxygen atoms in total. The second-order valence-corrected chi connectivity index (χ2v) is 5.92. The van der Waals surface area contributed by atoms with Crippen LogP contribution < -0.4 is 5.73 Å². The van der Waals surface area contributed by atoms with Gasteiger partial charge >= 0.3 is 0 Å². The predicted octanol–water partition coefficient (Wildman–Crippen LogP) is 2.99. The van der Waals surface area contributed by atoms with Crippen molar-refractivity contribution in [1.82, 2.24) is 4.90 Å². The molecule has 0 radical (unpaired) electrons. The highest BCUT2D eigenvalue weighted by molar-refractivity contribution is 9.10. The molecule has 84 valence electrons. The van der Waals surface area contributed by atoms with E-state index in [4.69, 9.17) is 5.73 Å². The van der Waals surface area contributed by atoms with Gasteiger partial charge in [0.05, 0.1) is 6.04 Å². The van der Waals surface area contributed by atoms with Crippen LogP contribution in [-0.4, -0.2) is 24.0 Å². The molecule has 0 bridgehead atoms. The minimum atomic E-state index is 0.400. The first-order valence-corrected chi connectivity index (χ1v) is 7.10. The highest BCUT2D eigenvalue weighted by Gasteiger charge is 2.29. The van der Waals surface area contributed by atoms with Crippen LogP contribution in [0.15, 0.2) is 15.9 Å². The van der Waals surface area contributed by atoms with Crippen LogP contribution in [0.2, 0.25) is 0 Å². The Morgan fingerprint density at radius 2 is 2.53 bits per heavy atom. The molecule has 2 rings (SSSR count). The van der Waals surface area contributed by atoms with E-state index in [1.807, 2.05) is 0 Å². The van der Waals surface area contributed by atoms with E-state index in [0.717, 1.165) is 0 Å². The third-order valence-corrected chi connectivity index (χ3v) is 5.15. The zero-order valence-corrected chi connectivity index (χ0v) is 11.4. The summed E-state index contributed by atoms with van der Waals surface area (Å²) in [4.78, 5) is 3.92. The zero-order valence-electron chi connectivity index (χ0n) is 8.95. The number of hydrogen-bond donors (Lipinski definition) is 1. The molecule has 2 heterocycles. The average molecular weight is 289 g/mol. The molecule has 1 aromatic heterocycles. The fourth-order valence-electron chi connectivity index (χ4n) is 2.35. The first kappa shape index (κ1) is 11.6. The maximum absolute atomic E-state index is 5.92. The van der Waals surface area contributed by atoms with Crippen LogP contribution in [0.3, 0.4) is 0 Å². The smallest absolute Gasteiger partial charge is 0.0578 e. The first-order chi connectivity index (χ1) is 7.24. The van der Waals surface area contributed by atoms with Gasteiger partial charge in [0.25, 0.3) is 0 Å². The van der Waals surface area contributed by atoms with Crippen LogP contribution in [0, 0.1) is 0 Å². The molecule has 15 heavy (non-hydrogen) atoms. The Morgan fingerprint density at radius 1 is 1.73 bits per heavy atom. The minimum absolute atomic E-state index is 0.400. The molecule has 0 aromatic carbocycles. The van der Waals surface area contributed by atoms with Crippen molar-refractivity contribution in [3.8, 4) is 0 Å². The number of nitrogens with zero attached hydrogens (tertiary/aromatic N) is 1. The van der Waals surface area contributed by atoms with E-state index in [9.17, 15) is 0 Å². The average Bonchev–Trinajstić information content (AvgIpc) is 2.80. The summed E-state index contributed by atoms with van der Waals surface area (Å²) < 4.78 is 1.21. The normalized spacial score (nSPS) is 24.6. The second-order valence-electron chi connectivity index (χ2n) is 4.11. The van der Waals surface area contributed by atoms with Gasteiger partial charge in [-0.25, -0.2) is 0 Å². The van der Waals surface area contributed by atoms with Crippen molar-refractivity contribution in [2.24, 2.45) is 5.73 Å². The standard InChI is InChI=1S/C11H17BrN2S/c1-8-3-2-5-14(8)10(7-13)11-9(12)4-6-15-11/h4,6,8,10H,2-3,5,7,13H2,1H3. The van der Waals surface area contributed by atoms with Crippen molar-refractivity contribution >= 4 is 27.3 Å². The van der Waals surface area contributed by atoms with Crippen LogP contribution in [0.5, 0.6) is 0 Å². The Kier molecular flexibility index (Phi) is 3.83. The van der Waals surface area contributed by atoms with Gasteiger partial charge in [-0.3, -0.25) is 4.90 Å². The Bertz CT molecular complexity index is 326. The molecular weight excluding hydrogens is 272 g/mol. The summed E-state index contributed by atoms with van der Waals surface area (Å²) >= 11 is 5.41. The largest absolute Gasteiger partial charge is 0.329 e. The van der Waals surface area contributed by atoms with E-state index < -0.39 is 0 Å². The minimum Gasteiger partial charge on any atom is -0.329 e. The Morgan fingerprint density at radius 3 is 3.00 bits per heavy atom. The molecule has 2 unspecified atom stereocenters. The molecular formula is C11H17BrN2S. The summed E-state index contributed by atoms with van der Waals surface area (Å²) in [5, 5.41) is 2.13. The fourth-order valence-corrected chi connectivity index (χ4v) is 4.13. The first-order valence-electron chi connectivity index (χ1n) is 5.42. The summed E-state index contributed by atoms with van der Waals surface area (Å²) in [6, 6.07) is 3.19. The number of hydrogen-bond acceptors (Lipinski definition) is 3. The Labute approximate surface area is 104 Å². The second kappa shape index (κ2) is 4.95. The van der Waals surface area contributed by atoms with Crippen LogP contribution >= 0.6 is 27.3 Å². The topological polar surface area (TPSA) is 29.3 Å². The van der Waals surface area contributed by atoms with Crippen LogP contribution in [0.25, 0.3) is 0 Å². The summed E-state index contributed by atoms with van der Waals surface area (Å²) in [6.45, 7) is 4.20. The monoisotopic (exact) mass is 288 g/mol. The van der Waals surface area contributed by atoms with E-state index in [2.05, 4.69) is 39.2 Å². The molecule has 1 fully saturated rings. The number of thiophene rings is 1. The molecule has 2 N–H and O–H groups in total. The SMILES string of the molecule is CC1CCCN1C(CN)c1sccc1Br. The molecule has 4 heteroatoms. The summed E-state index contributed by atoms with van der Waals surface area (Å²) in [5.41, 5.74) is 5.92. The van der Waals surface area contributed by atoms with Crippen molar-refractivity contribution < 1.29 is 0 Å². The molecule has 1 saturated heterocycles. The van der Waals surface area contributed by atoms with Gasteiger partial charge in [0.1, 0.15) is 0 Å². The van der Waals surface area contributed by atoms with Crippen molar-refractivity contribution in [3.63, 3.8) is 0 Å². The van der Waals surface area contributed by atoms with E-state index in [1.54, 1.807) is 11.3 Å². The molecule has 0 aliphatic carbocycles. The van der Waals surface area contributed by atoms with Crippen LogP contribution in [-0.2, 0) is 0 Å². The molecule has 1 aliphatic heterocycles. The third-order valence-electron chi connectivity index (χ3n) is 3.18. The van der Waals surface area contributed by atoms with Crippen LogP contribution in [0.4, 0.5) is 0 Å². The van der Waals surface area contributed by atoms with Gasteiger partial charge in [0.2, 0.25) is 0 Å². The third kappa shape index (κ3) is 2.28. The van der Waals surface area contributed by atoms with Gasteiger partial charge in [-0.05, 0) is 53.7 Å². The maximum atomic E-state index is 5.92. The number of halogens is 1. The fraction of sp³-hybridized carbons (Fsp3) is 0.636. The van der Waals surface area contributed by atoms with Crippen LogP contribution in [0.1, 0.15) is 30.7 Å². The zero-order chi connectivity index (χ0) is 10.8. The summed E-state index contributed by atoms with van der Waals surface area (Å²) in [7, 11) is 0. The van der Waals surface area contributed by atoms with E-state index >= 15 is 0 Å². The van der Waals surface area contributed by atoms with Crippen molar-refractivity contribution in [1.29, 1.82) is 0 Å². The predicted molar refractivity (Wildman–Crippen MR) is 69.2 cm³/mol. The highest BCUT2D eigenvalue weighted by Crippen LogP contribution is 2.35. The van der Waals surface area contributed by atoms with Gasteiger partial charge in [-0.1, -0.05) is 0 Å². The molecule has 0 spiro atoms. The Balaban J connectivity index is 2.20. The summed E-state index contributed by atoms with van der Waals surface area (Å²) in [6.07, 6.45) is 2.61. The van der Waals surface area contributed by atoms with Gasteiger partial charge in [0.15, 0.2) is 0 Å². The Hall–Kier alpha value is 0.100. The number of likely N-dealkylation sites (tertiary alicyclic amines) is 1. The van der Waals surface area contributed by atoms with E-state index in [0.29, 0.717) is 18.6 Å². The van der Waals surface area contributed by atoms with Gasteiger partial charge < -0.3 is 5.73 Å². The van der Waals surface area contributed by atoms with Gasteiger partial charge in [-0.15, -0.1) is 11.3 Å². The quantitative estimate of drug-likeness (QED) is 0.927. The highest BCUT2D eigenvalue weighted by atomic mass is 79.9. The lowest BCUT2D eigenvalue weighted by Gasteiger charge is -2.30. The van der Waals surface area contributed by atoms with E-state index in [1.165, 1.54) is 28.7 Å². The van der Waals surface area contributed by atoms with Crippen molar-refractivity contribution in [3.05, 3.63) is 20.8 Å². The summed E-state index contributed by atoms with van der Waals surface area (Å²) in [5.74, 6) is 0. The van der Waals surface area contributed by atoms with Crippen molar-refractivity contribution in [2.45, 2.75) is 31.8 Å². The molecule has 0 saturated carbocycles.